The predicted octanol–water partition coefficient (Wildman–Crippen LogP) is 5.16. The Balaban J connectivity index is 1.75. The highest BCUT2D eigenvalue weighted by molar-refractivity contribution is 5.96. The second-order valence-corrected chi connectivity index (χ2v) is 7.71. The average Bonchev–Trinajstić information content (AvgIpc) is 2.95. The second kappa shape index (κ2) is 8.42. The molecule has 28 heavy (non-hydrogen) atoms. The van der Waals surface area contributed by atoms with Crippen molar-refractivity contribution in [1.29, 1.82) is 0 Å². The molecule has 0 aliphatic rings. The normalized spacial score (nSPS) is 12.2. The number of nitrogens with zero attached hydrogens (tertiary/aromatic N) is 2. The lowest BCUT2D eigenvalue weighted by Gasteiger charge is -2.16. The zero-order chi connectivity index (χ0) is 20.3. The van der Waals surface area contributed by atoms with Crippen LogP contribution in [0.1, 0.15) is 71.2 Å². The highest BCUT2D eigenvalue weighted by Crippen LogP contribution is 2.20. The minimum absolute atomic E-state index is 0.0648. The zero-order valence-corrected chi connectivity index (χ0v) is 17.4. The maximum Gasteiger partial charge on any atom is 0.255 e. The van der Waals surface area contributed by atoms with Gasteiger partial charge in [0.25, 0.3) is 5.91 Å². The number of aryl methyl sites for hydroxylation is 1. The van der Waals surface area contributed by atoms with Crippen LogP contribution < -0.4 is 5.32 Å². The first-order valence-electron chi connectivity index (χ1n) is 9.85. The smallest absolute Gasteiger partial charge is 0.255 e. The summed E-state index contributed by atoms with van der Waals surface area (Å²) in [5, 5.41) is 7.72. The standard InChI is InChI=1S/C24H29N3O/c1-16(2)21-11-13-22(14-12-21)17(3)25-24(28)23-18(4)26-27(19(23)5)15-20-9-7-6-8-10-20/h6-14,16-17H,15H2,1-5H3,(H,25,28). The van der Waals surface area contributed by atoms with E-state index in [1.807, 2.05) is 43.7 Å². The molecule has 1 N–H and O–H groups in total. The Morgan fingerprint density at radius 3 is 2.18 bits per heavy atom. The van der Waals surface area contributed by atoms with Crippen LogP contribution >= 0.6 is 0 Å². The lowest BCUT2D eigenvalue weighted by atomic mass is 9.99. The van der Waals surface area contributed by atoms with E-state index in [1.54, 1.807) is 0 Å². The first-order chi connectivity index (χ1) is 13.4. The monoisotopic (exact) mass is 375 g/mol. The van der Waals surface area contributed by atoms with Gasteiger partial charge in [0.2, 0.25) is 0 Å². The summed E-state index contributed by atoms with van der Waals surface area (Å²) in [6.07, 6.45) is 0. The Bertz CT molecular complexity index is 940. The van der Waals surface area contributed by atoms with Crippen LogP contribution in [0.3, 0.4) is 0 Å². The molecule has 0 fully saturated rings. The molecule has 1 aromatic heterocycles. The van der Waals surface area contributed by atoms with E-state index < -0.39 is 0 Å². The van der Waals surface area contributed by atoms with E-state index in [-0.39, 0.29) is 11.9 Å². The van der Waals surface area contributed by atoms with Crippen molar-refractivity contribution in [3.05, 3.63) is 88.2 Å². The van der Waals surface area contributed by atoms with Gasteiger partial charge in [0.1, 0.15) is 0 Å². The van der Waals surface area contributed by atoms with Crippen LogP contribution in [0.15, 0.2) is 54.6 Å². The number of nitrogens with one attached hydrogen (secondary N) is 1. The van der Waals surface area contributed by atoms with Crippen molar-refractivity contribution in [1.82, 2.24) is 15.1 Å². The van der Waals surface area contributed by atoms with Crippen LogP contribution in [-0.4, -0.2) is 15.7 Å². The van der Waals surface area contributed by atoms with Crippen molar-refractivity contribution in [2.24, 2.45) is 0 Å². The molecule has 1 atom stereocenters. The first kappa shape index (κ1) is 19.9. The molecule has 1 heterocycles. The van der Waals surface area contributed by atoms with Gasteiger partial charge in [-0.05, 0) is 43.4 Å². The SMILES string of the molecule is Cc1nn(Cc2ccccc2)c(C)c1C(=O)NC(C)c1ccc(C(C)C)cc1. The molecule has 4 heteroatoms. The van der Waals surface area contributed by atoms with Gasteiger partial charge in [0.05, 0.1) is 23.8 Å². The van der Waals surface area contributed by atoms with Crippen molar-refractivity contribution in [3.63, 3.8) is 0 Å². The van der Waals surface area contributed by atoms with E-state index in [0.29, 0.717) is 18.0 Å². The van der Waals surface area contributed by atoms with E-state index in [2.05, 4.69) is 60.7 Å². The van der Waals surface area contributed by atoms with Crippen LogP contribution in [-0.2, 0) is 6.54 Å². The molecule has 0 radical (unpaired) electrons. The predicted molar refractivity (Wildman–Crippen MR) is 114 cm³/mol. The molecule has 0 aliphatic heterocycles. The topological polar surface area (TPSA) is 46.9 Å². The minimum atomic E-state index is -0.0743. The molecule has 2 aromatic carbocycles. The average molecular weight is 376 g/mol. The number of amides is 1. The quantitative estimate of drug-likeness (QED) is 0.647. The van der Waals surface area contributed by atoms with Gasteiger partial charge < -0.3 is 5.32 Å². The lowest BCUT2D eigenvalue weighted by molar-refractivity contribution is 0.0938. The summed E-state index contributed by atoms with van der Waals surface area (Å²) in [7, 11) is 0. The number of benzene rings is 2. The van der Waals surface area contributed by atoms with Crippen LogP contribution in [0, 0.1) is 13.8 Å². The number of carbonyl (C=O) groups excluding carboxylic acids is 1. The number of hydrogen-bond donors (Lipinski definition) is 1. The first-order valence-corrected chi connectivity index (χ1v) is 9.85. The van der Waals surface area contributed by atoms with Gasteiger partial charge >= 0.3 is 0 Å². The van der Waals surface area contributed by atoms with Gasteiger partial charge in [0, 0.05) is 5.69 Å². The molecule has 1 amide bonds. The van der Waals surface area contributed by atoms with Gasteiger partial charge in [-0.3, -0.25) is 9.48 Å². The number of aromatic nitrogens is 2. The summed E-state index contributed by atoms with van der Waals surface area (Å²) in [5.41, 5.74) is 5.88. The lowest BCUT2D eigenvalue weighted by Crippen LogP contribution is -2.27. The Labute approximate surface area is 167 Å². The van der Waals surface area contributed by atoms with Crippen LogP contribution in [0.2, 0.25) is 0 Å². The summed E-state index contributed by atoms with van der Waals surface area (Å²) >= 11 is 0. The third-order valence-electron chi connectivity index (χ3n) is 5.23. The molecule has 146 valence electrons. The summed E-state index contributed by atoms with van der Waals surface area (Å²) < 4.78 is 1.90. The maximum atomic E-state index is 12.9. The zero-order valence-electron chi connectivity index (χ0n) is 17.4. The van der Waals surface area contributed by atoms with Gasteiger partial charge in [0.15, 0.2) is 0 Å². The molecule has 1 unspecified atom stereocenters. The molecule has 4 nitrogen and oxygen atoms in total. The highest BCUT2D eigenvalue weighted by Gasteiger charge is 2.20. The number of hydrogen-bond acceptors (Lipinski definition) is 2. The summed E-state index contributed by atoms with van der Waals surface area (Å²) in [6.45, 7) is 10.9. The van der Waals surface area contributed by atoms with Crippen molar-refractivity contribution in [2.75, 3.05) is 0 Å². The summed E-state index contributed by atoms with van der Waals surface area (Å²) in [4.78, 5) is 12.9. The van der Waals surface area contributed by atoms with Crippen LogP contribution in [0.25, 0.3) is 0 Å². The fourth-order valence-electron chi connectivity index (χ4n) is 3.46. The van der Waals surface area contributed by atoms with E-state index in [1.165, 1.54) is 11.1 Å². The minimum Gasteiger partial charge on any atom is -0.345 e. The van der Waals surface area contributed by atoms with Crippen molar-refractivity contribution < 1.29 is 4.79 Å². The molecule has 0 aliphatic carbocycles. The maximum absolute atomic E-state index is 12.9. The Morgan fingerprint density at radius 2 is 1.57 bits per heavy atom. The van der Waals surface area contributed by atoms with Crippen LogP contribution in [0.5, 0.6) is 0 Å². The Kier molecular flexibility index (Phi) is 5.98. The number of rotatable bonds is 6. The van der Waals surface area contributed by atoms with Crippen LogP contribution in [0.4, 0.5) is 0 Å². The molecule has 0 saturated carbocycles. The molecule has 3 rings (SSSR count). The van der Waals surface area contributed by atoms with E-state index in [0.717, 1.165) is 17.0 Å². The van der Waals surface area contributed by atoms with Gasteiger partial charge in [-0.1, -0.05) is 68.4 Å². The van der Waals surface area contributed by atoms with Gasteiger partial charge in [-0.25, -0.2) is 0 Å². The van der Waals surface area contributed by atoms with Gasteiger partial charge in [-0.15, -0.1) is 0 Å². The summed E-state index contributed by atoms with van der Waals surface area (Å²) in [6, 6.07) is 18.6. The van der Waals surface area contributed by atoms with E-state index in [4.69, 9.17) is 0 Å². The molecule has 0 spiro atoms. The fourth-order valence-corrected chi connectivity index (χ4v) is 3.46. The Hall–Kier alpha value is -2.88. The van der Waals surface area contributed by atoms with Crippen molar-refractivity contribution in [3.8, 4) is 0 Å². The Morgan fingerprint density at radius 1 is 0.964 bits per heavy atom. The molecule has 3 aromatic rings. The van der Waals surface area contributed by atoms with E-state index in [9.17, 15) is 4.79 Å². The summed E-state index contributed by atoms with van der Waals surface area (Å²) in [5.74, 6) is 0.425. The van der Waals surface area contributed by atoms with Crippen molar-refractivity contribution in [2.45, 2.75) is 53.1 Å². The molecule has 0 bridgehead atoms. The molecular formula is C24H29N3O. The fraction of sp³-hybridized carbons (Fsp3) is 0.333. The molecule has 0 saturated heterocycles. The number of carbonyl (C=O) groups is 1. The highest BCUT2D eigenvalue weighted by atomic mass is 16.1. The third-order valence-corrected chi connectivity index (χ3v) is 5.23. The van der Waals surface area contributed by atoms with Crippen molar-refractivity contribution >= 4 is 5.91 Å². The molecular weight excluding hydrogens is 346 g/mol. The third kappa shape index (κ3) is 4.33. The largest absolute Gasteiger partial charge is 0.345 e. The van der Waals surface area contributed by atoms with Gasteiger partial charge in [-0.2, -0.15) is 5.10 Å². The van der Waals surface area contributed by atoms with E-state index >= 15 is 0 Å². The second-order valence-electron chi connectivity index (χ2n) is 7.71.